The maximum atomic E-state index is 12.2. The summed E-state index contributed by atoms with van der Waals surface area (Å²) < 4.78 is 29.7. The predicted molar refractivity (Wildman–Crippen MR) is 80.8 cm³/mol. The summed E-state index contributed by atoms with van der Waals surface area (Å²) in [6, 6.07) is 3.60. The van der Waals surface area contributed by atoms with Crippen molar-refractivity contribution in [2.24, 2.45) is 5.92 Å². The molecule has 1 rings (SSSR count). The zero-order valence-electron chi connectivity index (χ0n) is 11.9. The van der Waals surface area contributed by atoms with Crippen molar-refractivity contribution in [1.29, 1.82) is 0 Å². The Hall–Kier alpha value is -1.34. The highest BCUT2D eigenvalue weighted by molar-refractivity contribution is 7.91. The van der Waals surface area contributed by atoms with E-state index in [-0.39, 0.29) is 40.5 Å². The Bertz CT molecular complexity index is 603. The number of alkyl halides is 1. The molecule has 8 heteroatoms. The summed E-state index contributed by atoms with van der Waals surface area (Å²) >= 11 is 5.63. The largest absolute Gasteiger partial charge is 0.487 e. The molecule has 0 saturated carbocycles. The smallest absolute Gasteiger partial charge is 0.311 e. The van der Waals surface area contributed by atoms with Crippen LogP contribution in [0, 0.1) is 16.0 Å². The van der Waals surface area contributed by atoms with Crippen molar-refractivity contribution in [2.75, 3.05) is 18.2 Å². The maximum Gasteiger partial charge on any atom is 0.311 e. The van der Waals surface area contributed by atoms with Crippen LogP contribution in [0.15, 0.2) is 23.1 Å². The van der Waals surface area contributed by atoms with Crippen LogP contribution in [0.1, 0.15) is 20.3 Å². The van der Waals surface area contributed by atoms with Crippen LogP contribution < -0.4 is 4.74 Å². The van der Waals surface area contributed by atoms with Gasteiger partial charge < -0.3 is 4.74 Å². The third kappa shape index (κ3) is 4.86. The van der Waals surface area contributed by atoms with Gasteiger partial charge in [-0.05, 0) is 18.4 Å². The molecule has 0 heterocycles. The fraction of sp³-hybridized carbons (Fsp3) is 0.538. The first kappa shape index (κ1) is 17.7. The lowest BCUT2D eigenvalue weighted by Crippen LogP contribution is -2.15. The van der Waals surface area contributed by atoms with Crippen molar-refractivity contribution in [3.05, 3.63) is 28.3 Å². The summed E-state index contributed by atoms with van der Waals surface area (Å²) in [5, 5.41) is 10.9. The minimum absolute atomic E-state index is 0.0103. The van der Waals surface area contributed by atoms with E-state index in [2.05, 4.69) is 0 Å². The Morgan fingerprint density at radius 3 is 2.62 bits per heavy atom. The van der Waals surface area contributed by atoms with E-state index in [1.165, 1.54) is 12.1 Å². The van der Waals surface area contributed by atoms with Crippen LogP contribution in [0.5, 0.6) is 5.75 Å². The van der Waals surface area contributed by atoms with Gasteiger partial charge in [-0.1, -0.05) is 13.8 Å². The van der Waals surface area contributed by atoms with Crippen molar-refractivity contribution in [1.82, 2.24) is 0 Å². The average molecular weight is 336 g/mol. The molecule has 0 radical (unpaired) electrons. The number of ether oxygens (including phenoxy) is 1. The molecule has 1 unspecified atom stereocenters. The van der Waals surface area contributed by atoms with Crippen LogP contribution in [-0.4, -0.2) is 31.6 Å². The molecule has 0 aromatic heterocycles. The van der Waals surface area contributed by atoms with E-state index in [0.29, 0.717) is 6.42 Å². The molecule has 118 valence electrons. The lowest BCUT2D eigenvalue weighted by molar-refractivity contribution is -0.385. The van der Waals surface area contributed by atoms with E-state index in [0.717, 1.165) is 6.07 Å². The number of benzene rings is 1. The Labute approximate surface area is 129 Å². The highest BCUT2D eigenvalue weighted by atomic mass is 35.5. The molecule has 0 spiro atoms. The van der Waals surface area contributed by atoms with Crippen molar-refractivity contribution in [3.63, 3.8) is 0 Å². The molecule has 0 aliphatic rings. The summed E-state index contributed by atoms with van der Waals surface area (Å²) in [6.45, 7) is 3.86. The molecule has 6 nitrogen and oxygen atoms in total. The zero-order valence-corrected chi connectivity index (χ0v) is 13.5. The molecule has 21 heavy (non-hydrogen) atoms. The first-order valence-corrected chi connectivity index (χ1v) is 8.70. The fourth-order valence-electron chi connectivity index (χ4n) is 1.68. The first-order chi connectivity index (χ1) is 9.81. The van der Waals surface area contributed by atoms with Crippen LogP contribution in [0.2, 0.25) is 0 Å². The molecule has 0 fully saturated rings. The molecule has 0 bridgehead atoms. The number of nitrogens with zero attached hydrogens (tertiary/aromatic N) is 1. The molecule has 0 aliphatic carbocycles. The summed E-state index contributed by atoms with van der Waals surface area (Å²) in [5.41, 5.74) is -0.243. The van der Waals surface area contributed by atoms with E-state index in [9.17, 15) is 18.5 Å². The Kier molecular flexibility index (Phi) is 6.42. The lowest BCUT2D eigenvalue weighted by atomic mass is 10.3. The van der Waals surface area contributed by atoms with Crippen molar-refractivity contribution >= 4 is 27.1 Å². The second-order valence-corrected chi connectivity index (χ2v) is 7.12. The van der Waals surface area contributed by atoms with E-state index in [4.69, 9.17) is 16.3 Å². The van der Waals surface area contributed by atoms with Crippen molar-refractivity contribution < 1.29 is 18.1 Å². The summed E-state index contributed by atoms with van der Waals surface area (Å²) in [7, 11) is -3.55. The van der Waals surface area contributed by atoms with Gasteiger partial charge in [-0.25, -0.2) is 8.42 Å². The van der Waals surface area contributed by atoms with Gasteiger partial charge in [0.2, 0.25) is 0 Å². The molecule has 1 aromatic carbocycles. The minimum atomic E-state index is -3.55. The SMILES string of the molecule is CCCOc1cc(S(=O)(=O)CC(C)CCl)ccc1[N+](=O)[O-]. The number of hydrogen-bond donors (Lipinski definition) is 0. The van der Waals surface area contributed by atoms with Crippen LogP contribution in [0.3, 0.4) is 0 Å². The number of halogens is 1. The number of nitro groups is 1. The van der Waals surface area contributed by atoms with E-state index in [1.54, 1.807) is 6.92 Å². The Morgan fingerprint density at radius 2 is 2.10 bits per heavy atom. The lowest BCUT2D eigenvalue weighted by Gasteiger charge is -2.11. The predicted octanol–water partition coefficient (Wildman–Crippen LogP) is 3.03. The highest BCUT2D eigenvalue weighted by Gasteiger charge is 2.23. The molecule has 0 amide bonds. The molecular formula is C13H18ClNO5S. The number of nitro benzene ring substituents is 1. The molecule has 0 aliphatic heterocycles. The average Bonchev–Trinajstić information content (AvgIpc) is 2.43. The number of hydrogen-bond acceptors (Lipinski definition) is 5. The maximum absolute atomic E-state index is 12.2. The van der Waals surface area contributed by atoms with Gasteiger partial charge in [0.15, 0.2) is 15.6 Å². The van der Waals surface area contributed by atoms with Crippen molar-refractivity contribution in [2.45, 2.75) is 25.2 Å². The van der Waals surface area contributed by atoms with Gasteiger partial charge in [-0.3, -0.25) is 10.1 Å². The Balaban J connectivity index is 3.17. The van der Waals surface area contributed by atoms with Gasteiger partial charge in [0.1, 0.15) is 0 Å². The van der Waals surface area contributed by atoms with Gasteiger partial charge in [-0.15, -0.1) is 11.6 Å². The van der Waals surface area contributed by atoms with Gasteiger partial charge in [-0.2, -0.15) is 0 Å². The van der Waals surface area contributed by atoms with Crippen molar-refractivity contribution in [3.8, 4) is 5.75 Å². The number of sulfone groups is 1. The van der Waals surface area contributed by atoms with E-state index < -0.39 is 14.8 Å². The second-order valence-electron chi connectivity index (χ2n) is 4.78. The molecule has 1 aromatic rings. The van der Waals surface area contributed by atoms with Gasteiger partial charge in [0.25, 0.3) is 0 Å². The van der Waals surface area contributed by atoms with E-state index >= 15 is 0 Å². The number of rotatable bonds is 8. The third-order valence-corrected chi connectivity index (χ3v) is 5.22. The van der Waals surface area contributed by atoms with Gasteiger partial charge in [0, 0.05) is 18.0 Å². The fourth-order valence-corrected chi connectivity index (χ4v) is 3.54. The van der Waals surface area contributed by atoms with E-state index in [1.807, 2.05) is 6.92 Å². The van der Waals surface area contributed by atoms with Gasteiger partial charge in [0.05, 0.1) is 22.2 Å². The molecule has 0 N–H and O–H groups in total. The monoisotopic (exact) mass is 335 g/mol. The molecular weight excluding hydrogens is 318 g/mol. The Morgan fingerprint density at radius 1 is 1.43 bits per heavy atom. The highest BCUT2D eigenvalue weighted by Crippen LogP contribution is 2.30. The van der Waals surface area contributed by atoms with Gasteiger partial charge >= 0.3 is 5.69 Å². The third-order valence-electron chi connectivity index (χ3n) is 2.72. The molecule has 1 atom stereocenters. The topological polar surface area (TPSA) is 86.5 Å². The standard InChI is InChI=1S/C13H18ClNO5S/c1-3-6-20-13-7-11(4-5-12(13)15(16)17)21(18,19)9-10(2)8-14/h4-5,7,10H,3,6,8-9H2,1-2H3. The quantitative estimate of drug-likeness (QED) is 0.414. The van der Waals surface area contributed by atoms with Crippen LogP contribution in [-0.2, 0) is 9.84 Å². The summed E-state index contributed by atoms with van der Waals surface area (Å²) in [5.74, 6) is -0.110. The second kappa shape index (κ2) is 7.61. The zero-order chi connectivity index (χ0) is 16.0. The van der Waals surface area contributed by atoms with Crippen LogP contribution in [0.4, 0.5) is 5.69 Å². The summed E-state index contributed by atoms with van der Waals surface area (Å²) in [6.07, 6.45) is 0.664. The summed E-state index contributed by atoms with van der Waals surface area (Å²) in [4.78, 5) is 10.3. The van der Waals surface area contributed by atoms with Crippen LogP contribution >= 0.6 is 11.6 Å². The minimum Gasteiger partial charge on any atom is -0.487 e. The molecule has 0 saturated heterocycles. The van der Waals surface area contributed by atoms with Crippen LogP contribution in [0.25, 0.3) is 0 Å². The normalized spacial score (nSPS) is 12.9. The first-order valence-electron chi connectivity index (χ1n) is 6.51.